The smallest absolute Gasteiger partial charge is 0.225 e. The van der Waals surface area contributed by atoms with Gasteiger partial charge in [0, 0.05) is 19.5 Å². The molecule has 0 spiro atoms. The first-order chi connectivity index (χ1) is 4.61. The van der Waals surface area contributed by atoms with Crippen LogP contribution in [0.5, 0.6) is 0 Å². The van der Waals surface area contributed by atoms with Crippen molar-refractivity contribution in [2.75, 3.05) is 13.6 Å². The average molecular weight is 141 g/mol. The molecule has 0 N–H and O–H groups in total. The zero-order valence-electron chi connectivity index (χ0n) is 6.92. The first kappa shape index (κ1) is 7.58. The highest BCUT2D eigenvalue weighted by Gasteiger charge is 2.26. The maximum absolute atomic E-state index is 11.2. The third kappa shape index (κ3) is 1.31. The normalized spacial score (nSPS) is 34.7. The second kappa shape index (κ2) is 2.60. The number of amides is 1. The van der Waals surface area contributed by atoms with E-state index in [0.29, 0.717) is 11.8 Å². The van der Waals surface area contributed by atoms with Crippen molar-refractivity contribution in [2.45, 2.75) is 20.3 Å². The molecule has 0 bridgehead atoms. The summed E-state index contributed by atoms with van der Waals surface area (Å²) in [5, 5.41) is 0. The van der Waals surface area contributed by atoms with Crippen molar-refractivity contribution in [2.24, 2.45) is 11.8 Å². The van der Waals surface area contributed by atoms with Crippen LogP contribution in [0.4, 0.5) is 0 Å². The van der Waals surface area contributed by atoms with Gasteiger partial charge in [-0.1, -0.05) is 13.8 Å². The van der Waals surface area contributed by atoms with E-state index in [2.05, 4.69) is 6.92 Å². The van der Waals surface area contributed by atoms with Crippen LogP contribution < -0.4 is 0 Å². The zero-order chi connectivity index (χ0) is 7.72. The van der Waals surface area contributed by atoms with Gasteiger partial charge in [-0.05, 0) is 12.3 Å². The van der Waals surface area contributed by atoms with Crippen molar-refractivity contribution < 1.29 is 4.79 Å². The summed E-state index contributed by atoms with van der Waals surface area (Å²) in [5.74, 6) is 1.23. The molecule has 1 aliphatic rings. The molecule has 0 aromatic rings. The Labute approximate surface area is 62.2 Å². The van der Waals surface area contributed by atoms with Gasteiger partial charge in [0.05, 0.1) is 0 Å². The van der Waals surface area contributed by atoms with Gasteiger partial charge in [-0.25, -0.2) is 0 Å². The highest BCUT2D eigenvalue weighted by atomic mass is 16.2. The highest BCUT2D eigenvalue weighted by Crippen LogP contribution is 2.20. The largest absolute Gasteiger partial charge is 0.345 e. The van der Waals surface area contributed by atoms with Crippen LogP contribution in [0.25, 0.3) is 0 Å². The summed E-state index contributed by atoms with van der Waals surface area (Å²) in [6, 6.07) is 0. The Balaban J connectivity index is 2.57. The van der Waals surface area contributed by atoms with Gasteiger partial charge in [0.2, 0.25) is 5.91 Å². The zero-order valence-corrected chi connectivity index (χ0v) is 6.92. The Morgan fingerprint density at radius 3 is 2.60 bits per heavy atom. The topological polar surface area (TPSA) is 20.3 Å². The quantitative estimate of drug-likeness (QED) is 0.495. The van der Waals surface area contributed by atoms with Crippen LogP contribution in [-0.4, -0.2) is 24.4 Å². The summed E-state index contributed by atoms with van der Waals surface area (Å²) in [5.41, 5.74) is 0. The van der Waals surface area contributed by atoms with Gasteiger partial charge in [0.1, 0.15) is 0 Å². The fraction of sp³-hybridized carbons (Fsp3) is 0.875. The molecule has 1 amide bonds. The second-order valence-corrected chi connectivity index (χ2v) is 3.46. The SMILES string of the molecule is CC1CC(C)C(=O)N(C)C1. The number of carbonyl (C=O) groups is 1. The van der Waals surface area contributed by atoms with Gasteiger partial charge in [-0.3, -0.25) is 4.79 Å². The fourth-order valence-corrected chi connectivity index (χ4v) is 1.71. The summed E-state index contributed by atoms with van der Waals surface area (Å²) >= 11 is 0. The molecule has 1 rings (SSSR count). The minimum atomic E-state index is 0.244. The van der Waals surface area contributed by atoms with Crippen LogP contribution in [0.15, 0.2) is 0 Å². The number of carbonyl (C=O) groups excluding carboxylic acids is 1. The molecule has 0 aromatic carbocycles. The molecular weight excluding hydrogens is 126 g/mol. The summed E-state index contributed by atoms with van der Waals surface area (Å²) in [7, 11) is 1.88. The summed E-state index contributed by atoms with van der Waals surface area (Å²) in [6.07, 6.45) is 1.06. The van der Waals surface area contributed by atoms with Crippen LogP contribution >= 0.6 is 0 Å². The van der Waals surface area contributed by atoms with Crippen LogP contribution in [0, 0.1) is 11.8 Å². The minimum absolute atomic E-state index is 0.244. The van der Waals surface area contributed by atoms with Crippen molar-refractivity contribution in [1.82, 2.24) is 4.90 Å². The molecule has 2 heteroatoms. The second-order valence-electron chi connectivity index (χ2n) is 3.46. The third-order valence-electron chi connectivity index (χ3n) is 2.14. The van der Waals surface area contributed by atoms with Gasteiger partial charge < -0.3 is 4.90 Å². The number of likely N-dealkylation sites (tertiary alicyclic amines) is 1. The van der Waals surface area contributed by atoms with Gasteiger partial charge >= 0.3 is 0 Å². The Hall–Kier alpha value is -0.530. The molecular formula is C8H15NO. The average Bonchev–Trinajstić information content (AvgIpc) is 1.82. The van der Waals surface area contributed by atoms with E-state index in [1.165, 1.54) is 0 Å². The molecule has 1 saturated heterocycles. The highest BCUT2D eigenvalue weighted by molar-refractivity contribution is 5.78. The van der Waals surface area contributed by atoms with Crippen molar-refractivity contribution in [3.8, 4) is 0 Å². The number of hydrogen-bond donors (Lipinski definition) is 0. The Morgan fingerprint density at radius 1 is 1.50 bits per heavy atom. The van der Waals surface area contributed by atoms with E-state index in [9.17, 15) is 4.79 Å². The number of rotatable bonds is 0. The monoisotopic (exact) mass is 141 g/mol. The van der Waals surface area contributed by atoms with Crippen LogP contribution in [-0.2, 0) is 4.79 Å². The third-order valence-corrected chi connectivity index (χ3v) is 2.14. The molecule has 58 valence electrons. The summed E-state index contributed by atoms with van der Waals surface area (Å²) in [6.45, 7) is 5.14. The number of nitrogens with zero attached hydrogens (tertiary/aromatic N) is 1. The van der Waals surface area contributed by atoms with Crippen LogP contribution in [0.3, 0.4) is 0 Å². The van der Waals surface area contributed by atoms with Crippen LogP contribution in [0.2, 0.25) is 0 Å². The molecule has 1 heterocycles. The molecule has 0 radical (unpaired) electrons. The van der Waals surface area contributed by atoms with Gasteiger partial charge in [-0.15, -0.1) is 0 Å². The molecule has 10 heavy (non-hydrogen) atoms. The summed E-state index contributed by atoms with van der Waals surface area (Å²) < 4.78 is 0. The molecule has 2 atom stereocenters. The lowest BCUT2D eigenvalue weighted by Crippen LogP contribution is -2.40. The summed E-state index contributed by atoms with van der Waals surface area (Å²) in [4.78, 5) is 13.0. The maximum Gasteiger partial charge on any atom is 0.225 e. The van der Waals surface area contributed by atoms with Crippen molar-refractivity contribution in [1.29, 1.82) is 0 Å². The molecule has 1 aliphatic heterocycles. The molecule has 1 fully saturated rings. The molecule has 2 unspecified atom stereocenters. The van der Waals surface area contributed by atoms with E-state index in [1.54, 1.807) is 0 Å². The standard InChI is InChI=1S/C8H15NO/c1-6-4-7(2)8(10)9(3)5-6/h6-7H,4-5H2,1-3H3. The van der Waals surface area contributed by atoms with E-state index in [0.717, 1.165) is 13.0 Å². The van der Waals surface area contributed by atoms with Crippen molar-refractivity contribution in [3.63, 3.8) is 0 Å². The Kier molecular flexibility index (Phi) is 1.97. The minimum Gasteiger partial charge on any atom is -0.345 e. The van der Waals surface area contributed by atoms with E-state index in [1.807, 2.05) is 18.9 Å². The first-order valence-corrected chi connectivity index (χ1v) is 3.86. The van der Waals surface area contributed by atoms with E-state index < -0.39 is 0 Å². The Morgan fingerprint density at radius 2 is 2.10 bits per heavy atom. The van der Waals surface area contributed by atoms with Gasteiger partial charge in [0.15, 0.2) is 0 Å². The molecule has 0 aromatic heterocycles. The Bertz CT molecular complexity index is 130. The molecule has 0 aliphatic carbocycles. The lowest BCUT2D eigenvalue weighted by atomic mass is 9.92. The first-order valence-electron chi connectivity index (χ1n) is 3.86. The predicted octanol–water partition coefficient (Wildman–Crippen LogP) is 1.12. The molecule has 0 saturated carbocycles. The predicted molar refractivity (Wildman–Crippen MR) is 40.6 cm³/mol. The van der Waals surface area contributed by atoms with E-state index >= 15 is 0 Å². The van der Waals surface area contributed by atoms with Gasteiger partial charge in [0.25, 0.3) is 0 Å². The van der Waals surface area contributed by atoms with Crippen molar-refractivity contribution in [3.05, 3.63) is 0 Å². The van der Waals surface area contributed by atoms with E-state index in [-0.39, 0.29) is 5.92 Å². The number of hydrogen-bond acceptors (Lipinski definition) is 1. The molecule has 2 nitrogen and oxygen atoms in total. The number of piperidine rings is 1. The lowest BCUT2D eigenvalue weighted by Gasteiger charge is -2.31. The van der Waals surface area contributed by atoms with E-state index in [4.69, 9.17) is 0 Å². The lowest BCUT2D eigenvalue weighted by molar-refractivity contribution is -0.137. The van der Waals surface area contributed by atoms with Crippen molar-refractivity contribution >= 4 is 5.91 Å². The maximum atomic E-state index is 11.2. The van der Waals surface area contributed by atoms with Crippen LogP contribution in [0.1, 0.15) is 20.3 Å². The fourth-order valence-electron chi connectivity index (χ4n) is 1.71. The van der Waals surface area contributed by atoms with Gasteiger partial charge in [-0.2, -0.15) is 0 Å².